The zero-order chi connectivity index (χ0) is 12.1. The van der Waals surface area contributed by atoms with Gasteiger partial charge in [0.1, 0.15) is 6.61 Å². The zero-order valence-electron chi connectivity index (χ0n) is 10.5. The number of aromatic nitrogens is 1. The number of aliphatic hydroxyl groups is 1. The van der Waals surface area contributed by atoms with Crippen molar-refractivity contribution in [2.45, 2.75) is 46.1 Å². The van der Waals surface area contributed by atoms with Crippen LogP contribution in [0.15, 0.2) is 12.1 Å². The molecule has 90 valence electrons. The summed E-state index contributed by atoms with van der Waals surface area (Å²) in [5.41, 5.74) is 2.17. The predicted octanol–water partition coefficient (Wildman–Crippen LogP) is 2.66. The second kappa shape index (κ2) is 5.85. The van der Waals surface area contributed by atoms with Gasteiger partial charge in [-0.1, -0.05) is 20.8 Å². The summed E-state index contributed by atoms with van der Waals surface area (Å²) in [5.74, 6) is 1.07. The second-order valence-corrected chi connectivity index (χ2v) is 4.41. The summed E-state index contributed by atoms with van der Waals surface area (Å²) in [6.07, 6.45) is 0.285. The molecule has 0 aliphatic rings. The first-order chi connectivity index (χ1) is 7.52. The van der Waals surface area contributed by atoms with E-state index in [-0.39, 0.29) is 0 Å². The summed E-state index contributed by atoms with van der Waals surface area (Å²) < 4.78 is 5.47. The Morgan fingerprint density at radius 2 is 2.06 bits per heavy atom. The Kier molecular flexibility index (Phi) is 4.74. The van der Waals surface area contributed by atoms with Crippen LogP contribution in [0.3, 0.4) is 0 Å². The highest BCUT2D eigenvalue weighted by Gasteiger charge is 2.07. The zero-order valence-corrected chi connectivity index (χ0v) is 10.5. The topological polar surface area (TPSA) is 42.4 Å². The molecule has 3 heteroatoms. The third-order valence-electron chi connectivity index (χ3n) is 2.51. The number of aliphatic hydroxyl groups excluding tert-OH is 1. The molecule has 0 saturated heterocycles. The Labute approximate surface area is 97.5 Å². The third-order valence-corrected chi connectivity index (χ3v) is 2.51. The van der Waals surface area contributed by atoms with Gasteiger partial charge in [0.15, 0.2) is 0 Å². The molecule has 0 aromatic carbocycles. The van der Waals surface area contributed by atoms with E-state index < -0.39 is 6.10 Å². The quantitative estimate of drug-likeness (QED) is 0.834. The number of aryl methyl sites for hydroxylation is 1. The maximum Gasteiger partial charge on any atom is 0.213 e. The minimum absolute atomic E-state index is 0.310. The number of hydrogen-bond donors (Lipinski definition) is 1. The lowest BCUT2D eigenvalue weighted by molar-refractivity contribution is 0.102. The average Bonchev–Trinajstić information content (AvgIpc) is 2.25. The van der Waals surface area contributed by atoms with Gasteiger partial charge in [0.2, 0.25) is 5.88 Å². The molecular formula is C13H21NO2. The van der Waals surface area contributed by atoms with Gasteiger partial charge in [-0.2, -0.15) is 0 Å². The standard InChI is InChI=1S/C13H21NO2/c1-5-12(15)8-16-13-7-11(9(2)3)6-10(4)14-13/h6-7,9,12,15H,5,8H2,1-4H3/t12-/m1/s1. The molecule has 0 radical (unpaired) electrons. The first-order valence-corrected chi connectivity index (χ1v) is 5.82. The van der Waals surface area contributed by atoms with E-state index in [4.69, 9.17) is 4.74 Å². The van der Waals surface area contributed by atoms with Gasteiger partial charge < -0.3 is 9.84 Å². The van der Waals surface area contributed by atoms with Crippen molar-refractivity contribution >= 4 is 0 Å². The summed E-state index contributed by atoms with van der Waals surface area (Å²) in [5, 5.41) is 9.41. The summed E-state index contributed by atoms with van der Waals surface area (Å²) in [6.45, 7) is 8.47. The van der Waals surface area contributed by atoms with Crippen LogP contribution in [-0.4, -0.2) is 22.8 Å². The van der Waals surface area contributed by atoms with Crippen molar-refractivity contribution in [3.05, 3.63) is 23.4 Å². The fourth-order valence-corrected chi connectivity index (χ4v) is 1.37. The van der Waals surface area contributed by atoms with Crippen LogP contribution in [0.5, 0.6) is 5.88 Å². The monoisotopic (exact) mass is 223 g/mol. The smallest absolute Gasteiger partial charge is 0.213 e. The fraction of sp³-hybridized carbons (Fsp3) is 0.615. The third kappa shape index (κ3) is 3.81. The first-order valence-electron chi connectivity index (χ1n) is 5.82. The summed E-state index contributed by atoms with van der Waals surface area (Å²) in [7, 11) is 0. The molecule has 0 amide bonds. The van der Waals surface area contributed by atoms with E-state index in [0.29, 0.717) is 24.8 Å². The minimum atomic E-state index is -0.412. The van der Waals surface area contributed by atoms with Gasteiger partial charge in [-0.25, -0.2) is 4.98 Å². The summed E-state index contributed by atoms with van der Waals surface area (Å²) >= 11 is 0. The SMILES string of the molecule is CC[C@@H](O)COc1cc(C(C)C)cc(C)n1. The molecule has 0 bridgehead atoms. The Morgan fingerprint density at radius 3 is 2.62 bits per heavy atom. The molecule has 16 heavy (non-hydrogen) atoms. The van der Waals surface area contributed by atoms with Crippen LogP contribution in [0.1, 0.15) is 44.4 Å². The molecule has 1 aromatic heterocycles. The fourth-order valence-electron chi connectivity index (χ4n) is 1.37. The number of hydrogen-bond acceptors (Lipinski definition) is 3. The predicted molar refractivity (Wildman–Crippen MR) is 64.9 cm³/mol. The van der Waals surface area contributed by atoms with Gasteiger partial charge in [0.25, 0.3) is 0 Å². The number of rotatable bonds is 5. The van der Waals surface area contributed by atoms with E-state index in [0.717, 1.165) is 5.69 Å². The van der Waals surface area contributed by atoms with Gasteiger partial charge in [0.05, 0.1) is 6.10 Å². The van der Waals surface area contributed by atoms with Crippen molar-refractivity contribution < 1.29 is 9.84 Å². The first kappa shape index (κ1) is 13.0. The maximum atomic E-state index is 9.41. The van der Waals surface area contributed by atoms with Gasteiger partial charge in [-0.3, -0.25) is 0 Å². The lowest BCUT2D eigenvalue weighted by atomic mass is 10.0. The minimum Gasteiger partial charge on any atom is -0.475 e. The van der Waals surface area contributed by atoms with Gasteiger partial charge in [0, 0.05) is 11.8 Å². The molecule has 1 atom stereocenters. The Balaban J connectivity index is 2.72. The van der Waals surface area contributed by atoms with Crippen LogP contribution >= 0.6 is 0 Å². The molecule has 1 aromatic rings. The molecule has 3 nitrogen and oxygen atoms in total. The van der Waals surface area contributed by atoms with Crippen LogP contribution in [0.2, 0.25) is 0 Å². The highest BCUT2D eigenvalue weighted by Crippen LogP contribution is 2.20. The number of nitrogens with zero attached hydrogens (tertiary/aromatic N) is 1. The molecule has 0 aliphatic carbocycles. The van der Waals surface area contributed by atoms with E-state index in [1.54, 1.807) is 0 Å². The molecule has 1 N–H and O–H groups in total. The van der Waals surface area contributed by atoms with Crippen LogP contribution in [0.25, 0.3) is 0 Å². The molecule has 0 aliphatic heterocycles. The van der Waals surface area contributed by atoms with E-state index in [9.17, 15) is 5.11 Å². The average molecular weight is 223 g/mol. The van der Waals surface area contributed by atoms with Crippen LogP contribution < -0.4 is 4.74 Å². The Hall–Kier alpha value is -1.09. The highest BCUT2D eigenvalue weighted by atomic mass is 16.5. The van der Waals surface area contributed by atoms with E-state index in [1.165, 1.54) is 5.56 Å². The van der Waals surface area contributed by atoms with Crippen LogP contribution in [0, 0.1) is 6.92 Å². The molecule has 0 fully saturated rings. The lowest BCUT2D eigenvalue weighted by Crippen LogP contribution is -2.16. The highest BCUT2D eigenvalue weighted by molar-refractivity contribution is 5.26. The molecule has 0 unspecified atom stereocenters. The Morgan fingerprint density at radius 1 is 1.38 bits per heavy atom. The van der Waals surface area contributed by atoms with Gasteiger partial charge in [-0.15, -0.1) is 0 Å². The summed E-state index contributed by atoms with van der Waals surface area (Å²) in [6, 6.07) is 4.01. The van der Waals surface area contributed by atoms with Crippen molar-refractivity contribution in [3.8, 4) is 5.88 Å². The van der Waals surface area contributed by atoms with E-state index in [2.05, 4.69) is 24.9 Å². The molecule has 1 heterocycles. The van der Waals surface area contributed by atoms with Crippen molar-refractivity contribution in [3.63, 3.8) is 0 Å². The van der Waals surface area contributed by atoms with Crippen molar-refractivity contribution in [2.24, 2.45) is 0 Å². The summed E-state index contributed by atoms with van der Waals surface area (Å²) in [4.78, 5) is 4.29. The number of pyridine rings is 1. The van der Waals surface area contributed by atoms with Gasteiger partial charge >= 0.3 is 0 Å². The molecular weight excluding hydrogens is 202 g/mol. The normalized spacial score (nSPS) is 12.9. The van der Waals surface area contributed by atoms with Crippen LogP contribution in [-0.2, 0) is 0 Å². The van der Waals surface area contributed by atoms with Gasteiger partial charge in [-0.05, 0) is 30.9 Å². The largest absolute Gasteiger partial charge is 0.475 e. The maximum absolute atomic E-state index is 9.41. The Bertz CT molecular complexity index is 337. The molecule has 1 rings (SSSR count). The van der Waals surface area contributed by atoms with E-state index in [1.807, 2.05) is 19.9 Å². The molecule has 0 saturated carbocycles. The van der Waals surface area contributed by atoms with E-state index >= 15 is 0 Å². The van der Waals surface area contributed by atoms with Crippen LogP contribution in [0.4, 0.5) is 0 Å². The number of ether oxygens (including phenoxy) is 1. The molecule has 0 spiro atoms. The van der Waals surface area contributed by atoms with Crippen molar-refractivity contribution in [1.29, 1.82) is 0 Å². The van der Waals surface area contributed by atoms with Crippen molar-refractivity contribution in [1.82, 2.24) is 4.98 Å². The van der Waals surface area contributed by atoms with Crippen molar-refractivity contribution in [2.75, 3.05) is 6.61 Å². The second-order valence-electron chi connectivity index (χ2n) is 4.41. The lowest BCUT2D eigenvalue weighted by Gasteiger charge is -2.12.